The van der Waals surface area contributed by atoms with Crippen molar-refractivity contribution in [3.63, 3.8) is 0 Å². The summed E-state index contributed by atoms with van der Waals surface area (Å²) in [5.74, 6) is 1.23. The molecule has 94 valence electrons. The highest BCUT2D eigenvalue weighted by Gasteiger charge is 2.07. The molecular formula is C14H10BrN3O. The Kier molecular flexibility index (Phi) is 3.05. The summed E-state index contributed by atoms with van der Waals surface area (Å²) >= 11 is 3.35. The number of rotatable bonds is 2. The number of nitrogens with two attached hydrogens (primary N) is 1. The van der Waals surface area contributed by atoms with Crippen LogP contribution in [0.1, 0.15) is 0 Å². The van der Waals surface area contributed by atoms with Gasteiger partial charge in [0.25, 0.3) is 0 Å². The van der Waals surface area contributed by atoms with Crippen molar-refractivity contribution in [3.8, 4) is 11.5 Å². The first kappa shape index (κ1) is 11.9. The van der Waals surface area contributed by atoms with Crippen LogP contribution in [0.25, 0.3) is 10.9 Å². The summed E-state index contributed by atoms with van der Waals surface area (Å²) in [6.45, 7) is 0. The average Bonchev–Trinajstić information content (AvgIpc) is 2.42. The monoisotopic (exact) mass is 315 g/mol. The molecule has 3 aromatic rings. The minimum atomic E-state index is 0.575. The fraction of sp³-hybridized carbons (Fsp3) is 0. The molecule has 4 nitrogen and oxygen atoms in total. The predicted octanol–water partition coefficient (Wildman–Crippen LogP) is 3.77. The van der Waals surface area contributed by atoms with E-state index in [0.29, 0.717) is 17.2 Å². The number of halogens is 1. The molecule has 0 amide bonds. The van der Waals surface area contributed by atoms with Gasteiger partial charge in [-0.05, 0) is 46.3 Å². The second kappa shape index (κ2) is 4.85. The number of anilines is 1. The molecule has 0 spiro atoms. The molecule has 19 heavy (non-hydrogen) atoms. The summed E-state index contributed by atoms with van der Waals surface area (Å²) in [5, 5.41) is 0.878. The summed E-state index contributed by atoms with van der Waals surface area (Å²) in [6.07, 6.45) is 5.07. The smallest absolute Gasteiger partial charge is 0.151 e. The van der Waals surface area contributed by atoms with Gasteiger partial charge in [0.2, 0.25) is 0 Å². The van der Waals surface area contributed by atoms with Crippen LogP contribution in [0, 0.1) is 0 Å². The van der Waals surface area contributed by atoms with Crippen LogP contribution in [0.5, 0.6) is 11.5 Å². The van der Waals surface area contributed by atoms with Gasteiger partial charge in [-0.25, -0.2) is 0 Å². The SMILES string of the molecule is Nc1c(Oc2cncc(Br)c2)ccc2ncccc12. The van der Waals surface area contributed by atoms with Gasteiger partial charge in [-0.1, -0.05) is 0 Å². The Morgan fingerprint density at radius 3 is 2.89 bits per heavy atom. The normalized spacial score (nSPS) is 10.6. The van der Waals surface area contributed by atoms with Crippen LogP contribution in [-0.4, -0.2) is 9.97 Å². The molecule has 2 aromatic heterocycles. The van der Waals surface area contributed by atoms with Crippen LogP contribution in [0.4, 0.5) is 5.69 Å². The minimum Gasteiger partial charge on any atom is -0.454 e. The number of hydrogen-bond donors (Lipinski definition) is 1. The summed E-state index contributed by atoms with van der Waals surface area (Å²) in [6, 6.07) is 9.30. The lowest BCUT2D eigenvalue weighted by Crippen LogP contribution is -1.94. The van der Waals surface area contributed by atoms with Crippen molar-refractivity contribution in [2.24, 2.45) is 0 Å². The molecule has 0 saturated carbocycles. The van der Waals surface area contributed by atoms with E-state index in [1.807, 2.05) is 30.3 Å². The fourth-order valence-corrected chi connectivity index (χ4v) is 2.16. The number of fused-ring (bicyclic) bond motifs is 1. The van der Waals surface area contributed by atoms with Crippen LogP contribution in [0.2, 0.25) is 0 Å². The lowest BCUT2D eigenvalue weighted by atomic mass is 10.1. The van der Waals surface area contributed by atoms with Crippen molar-refractivity contribution in [1.29, 1.82) is 0 Å². The molecule has 0 aliphatic rings. The van der Waals surface area contributed by atoms with E-state index in [1.54, 1.807) is 18.6 Å². The van der Waals surface area contributed by atoms with Gasteiger partial charge in [0.1, 0.15) is 5.75 Å². The third kappa shape index (κ3) is 2.37. The molecule has 0 fully saturated rings. The molecule has 0 saturated heterocycles. The molecule has 0 bridgehead atoms. The molecule has 0 aliphatic heterocycles. The summed E-state index contributed by atoms with van der Waals surface area (Å²) in [7, 11) is 0. The van der Waals surface area contributed by atoms with Crippen LogP contribution in [0.3, 0.4) is 0 Å². The third-order valence-electron chi connectivity index (χ3n) is 2.69. The van der Waals surface area contributed by atoms with E-state index in [1.165, 1.54) is 0 Å². The molecule has 1 aromatic carbocycles. The Morgan fingerprint density at radius 2 is 2.05 bits per heavy atom. The zero-order chi connectivity index (χ0) is 13.2. The molecule has 0 aliphatic carbocycles. The predicted molar refractivity (Wildman–Crippen MR) is 78.2 cm³/mol. The van der Waals surface area contributed by atoms with E-state index in [4.69, 9.17) is 10.5 Å². The highest BCUT2D eigenvalue weighted by atomic mass is 79.9. The van der Waals surface area contributed by atoms with Gasteiger partial charge in [-0.3, -0.25) is 9.97 Å². The molecule has 2 N–H and O–H groups in total. The average molecular weight is 316 g/mol. The van der Waals surface area contributed by atoms with Crippen LogP contribution < -0.4 is 10.5 Å². The second-order valence-corrected chi connectivity index (χ2v) is 4.90. The number of hydrogen-bond acceptors (Lipinski definition) is 4. The lowest BCUT2D eigenvalue weighted by Gasteiger charge is -2.10. The van der Waals surface area contributed by atoms with E-state index >= 15 is 0 Å². The molecule has 0 atom stereocenters. The number of pyridine rings is 2. The van der Waals surface area contributed by atoms with E-state index < -0.39 is 0 Å². The quantitative estimate of drug-likeness (QED) is 0.731. The van der Waals surface area contributed by atoms with Crippen LogP contribution >= 0.6 is 15.9 Å². The second-order valence-electron chi connectivity index (χ2n) is 3.99. The minimum absolute atomic E-state index is 0.575. The maximum atomic E-state index is 6.11. The number of nitrogens with zero attached hydrogens (tertiary/aromatic N) is 2. The van der Waals surface area contributed by atoms with Crippen LogP contribution in [0.15, 0.2) is 53.4 Å². The number of aromatic nitrogens is 2. The van der Waals surface area contributed by atoms with Gasteiger partial charge in [-0.15, -0.1) is 0 Å². The summed E-state index contributed by atoms with van der Waals surface area (Å²) in [5.41, 5.74) is 7.53. The van der Waals surface area contributed by atoms with E-state index in [-0.39, 0.29) is 0 Å². The molecule has 2 heterocycles. The number of nitrogen functional groups attached to an aromatic ring is 1. The van der Waals surface area contributed by atoms with Gasteiger partial charge < -0.3 is 10.5 Å². The largest absolute Gasteiger partial charge is 0.454 e. The van der Waals surface area contributed by atoms with Crippen molar-refractivity contribution in [1.82, 2.24) is 9.97 Å². The van der Waals surface area contributed by atoms with Gasteiger partial charge in [-0.2, -0.15) is 0 Å². The molecule has 0 unspecified atom stereocenters. The fourth-order valence-electron chi connectivity index (χ4n) is 1.82. The van der Waals surface area contributed by atoms with Gasteiger partial charge in [0.15, 0.2) is 5.75 Å². The van der Waals surface area contributed by atoms with Crippen LogP contribution in [-0.2, 0) is 0 Å². The highest BCUT2D eigenvalue weighted by molar-refractivity contribution is 9.10. The topological polar surface area (TPSA) is 61.0 Å². The molecule has 3 rings (SSSR count). The number of ether oxygens (including phenoxy) is 1. The zero-order valence-corrected chi connectivity index (χ0v) is 11.5. The van der Waals surface area contributed by atoms with Gasteiger partial charge in [0, 0.05) is 22.3 Å². The van der Waals surface area contributed by atoms with Gasteiger partial charge >= 0.3 is 0 Å². The van der Waals surface area contributed by atoms with Crippen molar-refractivity contribution in [2.75, 3.05) is 5.73 Å². The van der Waals surface area contributed by atoms with Gasteiger partial charge in [0.05, 0.1) is 17.4 Å². The Bertz CT molecular complexity index is 746. The highest BCUT2D eigenvalue weighted by Crippen LogP contribution is 2.33. The Hall–Kier alpha value is -2.14. The first-order valence-electron chi connectivity index (χ1n) is 5.65. The first-order valence-corrected chi connectivity index (χ1v) is 6.45. The van der Waals surface area contributed by atoms with Crippen molar-refractivity contribution >= 4 is 32.5 Å². The lowest BCUT2D eigenvalue weighted by molar-refractivity contribution is 0.483. The van der Waals surface area contributed by atoms with E-state index in [2.05, 4.69) is 25.9 Å². The van der Waals surface area contributed by atoms with Crippen molar-refractivity contribution < 1.29 is 4.74 Å². The molecule has 5 heteroatoms. The zero-order valence-electron chi connectivity index (χ0n) is 9.88. The van der Waals surface area contributed by atoms with Crippen molar-refractivity contribution in [2.45, 2.75) is 0 Å². The standard InChI is InChI=1S/C14H10BrN3O/c15-9-6-10(8-17-7-9)19-13-4-3-12-11(14(13)16)2-1-5-18-12/h1-8H,16H2. The number of benzene rings is 1. The maximum absolute atomic E-state index is 6.11. The van der Waals surface area contributed by atoms with E-state index in [9.17, 15) is 0 Å². The van der Waals surface area contributed by atoms with Crippen molar-refractivity contribution in [3.05, 3.63) is 53.4 Å². The Labute approximate surface area is 118 Å². The Morgan fingerprint density at radius 1 is 1.16 bits per heavy atom. The third-order valence-corrected chi connectivity index (χ3v) is 3.13. The summed E-state index contributed by atoms with van der Waals surface area (Å²) < 4.78 is 6.61. The first-order chi connectivity index (χ1) is 9.24. The molecular weight excluding hydrogens is 306 g/mol. The summed E-state index contributed by atoms with van der Waals surface area (Å²) in [4.78, 5) is 8.30. The Balaban J connectivity index is 2.04. The molecule has 0 radical (unpaired) electrons. The van der Waals surface area contributed by atoms with E-state index in [0.717, 1.165) is 15.4 Å². The maximum Gasteiger partial charge on any atom is 0.151 e.